The summed E-state index contributed by atoms with van der Waals surface area (Å²) in [6, 6.07) is 0. The fraction of sp³-hybridized carbons (Fsp3) is 0.875. The lowest BCUT2D eigenvalue weighted by atomic mass is 10.2. The molecule has 0 fully saturated rings. The van der Waals surface area contributed by atoms with Crippen molar-refractivity contribution < 1.29 is 24.9 Å². The summed E-state index contributed by atoms with van der Waals surface area (Å²) in [5, 5.41) is 26.3. The number of hydrogen-bond donors (Lipinski definition) is 3. The molecule has 78 valence electrons. The van der Waals surface area contributed by atoms with E-state index < -0.39 is 24.8 Å². The average Bonchev–Trinajstić information content (AvgIpc) is 2.11. The highest BCUT2D eigenvalue weighted by molar-refractivity contribution is 5.75. The summed E-state index contributed by atoms with van der Waals surface area (Å²) in [5.41, 5.74) is 0. The monoisotopic (exact) mass is 192 g/mol. The number of esters is 1. The van der Waals surface area contributed by atoms with Gasteiger partial charge in [0.05, 0.1) is 13.2 Å². The van der Waals surface area contributed by atoms with Crippen LogP contribution in [0.15, 0.2) is 0 Å². The van der Waals surface area contributed by atoms with Crippen LogP contribution in [0.25, 0.3) is 0 Å². The predicted octanol–water partition coefficient (Wildman–Crippen LogP) is -1.10. The van der Waals surface area contributed by atoms with E-state index in [4.69, 9.17) is 15.3 Å². The molecule has 3 N–H and O–H groups in total. The third-order valence-corrected chi connectivity index (χ3v) is 1.35. The van der Waals surface area contributed by atoms with Crippen molar-refractivity contribution in [3.8, 4) is 0 Å². The molecule has 2 atom stereocenters. The SMILES string of the molecule is CC(C)COC(=O)[C@@H](O)[C@H](O)CO. The number of aliphatic hydroxyl groups excluding tert-OH is 3. The van der Waals surface area contributed by atoms with Gasteiger partial charge in [0.15, 0.2) is 6.10 Å². The number of aliphatic hydroxyl groups is 3. The summed E-state index contributed by atoms with van der Waals surface area (Å²) in [4.78, 5) is 10.9. The van der Waals surface area contributed by atoms with E-state index in [-0.39, 0.29) is 12.5 Å². The summed E-state index contributed by atoms with van der Waals surface area (Å²) >= 11 is 0. The third-order valence-electron chi connectivity index (χ3n) is 1.35. The Balaban J connectivity index is 3.82. The Kier molecular flexibility index (Phi) is 5.61. The topological polar surface area (TPSA) is 87.0 Å². The summed E-state index contributed by atoms with van der Waals surface area (Å²) in [6.45, 7) is 3.22. The second kappa shape index (κ2) is 5.90. The van der Waals surface area contributed by atoms with Crippen molar-refractivity contribution in [2.24, 2.45) is 5.92 Å². The van der Waals surface area contributed by atoms with E-state index >= 15 is 0 Å². The molecule has 0 aliphatic heterocycles. The Morgan fingerprint density at radius 1 is 1.38 bits per heavy atom. The molecule has 0 aromatic carbocycles. The molecule has 0 spiro atoms. The van der Waals surface area contributed by atoms with Gasteiger partial charge in [-0.3, -0.25) is 0 Å². The highest BCUT2D eigenvalue weighted by Gasteiger charge is 2.24. The first-order valence-corrected chi connectivity index (χ1v) is 4.12. The van der Waals surface area contributed by atoms with Crippen LogP contribution in [0.3, 0.4) is 0 Å². The molecule has 0 aromatic heterocycles. The normalized spacial score (nSPS) is 15.5. The third kappa shape index (κ3) is 4.82. The van der Waals surface area contributed by atoms with E-state index in [2.05, 4.69) is 4.74 Å². The standard InChI is InChI=1S/C8H16O5/c1-5(2)4-13-8(12)7(11)6(10)3-9/h5-7,9-11H,3-4H2,1-2H3/t6-,7+/m1/s1. The van der Waals surface area contributed by atoms with Crippen molar-refractivity contribution >= 4 is 5.97 Å². The van der Waals surface area contributed by atoms with Crippen LogP contribution in [0.4, 0.5) is 0 Å². The van der Waals surface area contributed by atoms with E-state index in [1.165, 1.54) is 0 Å². The van der Waals surface area contributed by atoms with E-state index in [1.807, 2.05) is 13.8 Å². The molecule has 0 saturated carbocycles. The van der Waals surface area contributed by atoms with Gasteiger partial charge in [0.1, 0.15) is 6.10 Å². The minimum Gasteiger partial charge on any atom is -0.463 e. The molecule has 5 nitrogen and oxygen atoms in total. The lowest BCUT2D eigenvalue weighted by Crippen LogP contribution is -2.38. The van der Waals surface area contributed by atoms with E-state index in [1.54, 1.807) is 0 Å². The molecular weight excluding hydrogens is 176 g/mol. The van der Waals surface area contributed by atoms with Gasteiger partial charge in [-0.1, -0.05) is 13.8 Å². The van der Waals surface area contributed by atoms with Crippen molar-refractivity contribution in [1.29, 1.82) is 0 Å². The van der Waals surface area contributed by atoms with Crippen molar-refractivity contribution in [2.45, 2.75) is 26.1 Å². The van der Waals surface area contributed by atoms with Crippen LogP contribution in [0.2, 0.25) is 0 Å². The Morgan fingerprint density at radius 3 is 2.31 bits per heavy atom. The minimum absolute atomic E-state index is 0.169. The first-order valence-electron chi connectivity index (χ1n) is 4.12. The molecular formula is C8H16O5. The first-order chi connectivity index (χ1) is 5.99. The molecule has 5 heteroatoms. The van der Waals surface area contributed by atoms with Gasteiger partial charge in [-0.15, -0.1) is 0 Å². The zero-order valence-corrected chi connectivity index (χ0v) is 7.80. The smallest absolute Gasteiger partial charge is 0.337 e. The Morgan fingerprint density at radius 2 is 1.92 bits per heavy atom. The first kappa shape index (κ1) is 12.3. The Labute approximate surface area is 77.0 Å². The largest absolute Gasteiger partial charge is 0.463 e. The van der Waals surface area contributed by atoms with Crippen molar-refractivity contribution in [3.63, 3.8) is 0 Å². The molecule has 0 aliphatic carbocycles. The van der Waals surface area contributed by atoms with Gasteiger partial charge in [0.25, 0.3) is 0 Å². The summed E-state index contributed by atoms with van der Waals surface area (Å²) in [7, 11) is 0. The van der Waals surface area contributed by atoms with Crippen LogP contribution in [0.5, 0.6) is 0 Å². The molecule has 0 heterocycles. The lowest BCUT2D eigenvalue weighted by molar-refractivity contribution is -0.162. The average molecular weight is 192 g/mol. The number of hydrogen-bond acceptors (Lipinski definition) is 5. The highest BCUT2D eigenvalue weighted by Crippen LogP contribution is 1.99. The maximum atomic E-state index is 10.9. The Bertz CT molecular complexity index is 157. The number of carbonyl (C=O) groups excluding carboxylic acids is 1. The molecule has 0 aliphatic rings. The number of ether oxygens (including phenoxy) is 1. The molecule has 0 saturated heterocycles. The predicted molar refractivity (Wildman–Crippen MR) is 44.9 cm³/mol. The van der Waals surface area contributed by atoms with Gasteiger partial charge >= 0.3 is 5.97 Å². The zero-order valence-electron chi connectivity index (χ0n) is 7.80. The van der Waals surface area contributed by atoms with Crippen LogP contribution in [-0.2, 0) is 9.53 Å². The fourth-order valence-electron chi connectivity index (χ4n) is 0.591. The van der Waals surface area contributed by atoms with E-state index in [9.17, 15) is 4.79 Å². The summed E-state index contributed by atoms with van der Waals surface area (Å²) < 4.78 is 4.63. The summed E-state index contributed by atoms with van der Waals surface area (Å²) in [5.74, 6) is -0.738. The van der Waals surface area contributed by atoms with Gasteiger partial charge in [-0.05, 0) is 5.92 Å². The van der Waals surface area contributed by atoms with Crippen LogP contribution < -0.4 is 0 Å². The molecule has 0 amide bonds. The second-order valence-corrected chi connectivity index (χ2v) is 3.22. The van der Waals surface area contributed by atoms with Crippen molar-refractivity contribution in [1.82, 2.24) is 0 Å². The zero-order chi connectivity index (χ0) is 10.4. The van der Waals surface area contributed by atoms with Gasteiger partial charge in [0, 0.05) is 0 Å². The van der Waals surface area contributed by atoms with Gasteiger partial charge in [-0.25, -0.2) is 4.79 Å². The van der Waals surface area contributed by atoms with Gasteiger partial charge < -0.3 is 20.1 Å². The molecule has 0 bridgehead atoms. The maximum absolute atomic E-state index is 10.9. The van der Waals surface area contributed by atoms with Crippen LogP contribution in [0, 0.1) is 5.92 Å². The van der Waals surface area contributed by atoms with Crippen LogP contribution in [0.1, 0.15) is 13.8 Å². The second-order valence-electron chi connectivity index (χ2n) is 3.22. The maximum Gasteiger partial charge on any atom is 0.337 e. The number of carbonyl (C=O) groups is 1. The van der Waals surface area contributed by atoms with Crippen molar-refractivity contribution in [2.75, 3.05) is 13.2 Å². The molecule has 0 aromatic rings. The molecule has 0 radical (unpaired) electrons. The van der Waals surface area contributed by atoms with E-state index in [0.29, 0.717) is 0 Å². The van der Waals surface area contributed by atoms with Crippen LogP contribution >= 0.6 is 0 Å². The fourth-order valence-corrected chi connectivity index (χ4v) is 0.591. The van der Waals surface area contributed by atoms with Gasteiger partial charge in [0.2, 0.25) is 0 Å². The lowest BCUT2D eigenvalue weighted by Gasteiger charge is -2.15. The molecule has 0 unspecified atom stereocenters. The number of rotatable bonds is 5. The quantitative estimate of drug-likeness (QED) is 0.481. The van der Waals surface area contributed by atoms with Crippen LogP contribution in [-0.4, -0.2) is 46.7 Å². The molecule has 0 rings (SSSR count). The highest BCUT2D eigenvalue weighted by atomic mass is 16.5. The summed E-state index contributed by atoms with van der Waals surface area (Å²) in [6.07, 6.45) is -3.14. The van der Waals surface area contributed by atoms with E-state index in [0.717, 1.165) is 0 Å². The Hall–Kier alpha value is -0.650. The molecule has 13 heavy (non-hydrogen) atoms. The van der Waals surface area contributed by atoms with Crippen molar-refractivity contribution in [3.05, 3.63) is 0 Å². The minimum atomic E-state index is -1.66. The van der Waals surface area contributed by atoms with Gasteiger partial charge in [-0.2, -0.15) is 0 Å².